The highest BCUT2D eigenvalue weighted by molar-refractivity contribution is 7.13. The first-order valence-corrected chi connectivity index (χ1v) is 11.0. The molecule has 0 aliphatic heterocycles. The van der Waals surface area contributed by atoms with Crippen molar-refractivity contribution in [2.75, 3.05) is 6.54 Å². The van der Waals surface area contributed by atoms with Gasteiger partial charge in [-0.2, -0.15) is 0 Å². The van der Waals surface area contributed by atoms with Crippen molar-refractivity contribution in [3.8, 4) is 16.3 Å². The Morgan fingerprint density at radius 2 is 1.94 bits per heavy atom. The smallest absolute Gasteiger partial charge is 0.305 e. The minimum Gasteiger partial charge on any atom is -0.505 e. The molecule has 1 amide bonds. The van der Waals surface area contributed by atoms with E-state index in [1.165, 1.54) is 28.2 Å². The van der Waals surface area contributed by atoms with Crippen LogP contribution in [0.25, 0.3) is 21.5 Å². The zero-order valence-corrected chi connectivity index (χ0v) is 18.2. The average molecular weight is 465 g/mol. The normalized spacial score (nSPS) is 10.9. The van der Waals surface area contributed by atoms with Gasteiger partial charge in [-0.25, -0.2) is 9.97 Å². The first-order chi connectivity index (χ1) is 16.0. The van der Waals surface area contributed by atoms with Crippen LogP contribution in [0, 0.1) is 0 Å². The number of carboxylic acids is 1. The first kappa shape index (κ1) is 22.2. The number of amides is 1. The van der Waals surface area contributed by atoms with E-state index in [-0.39, 0.29) is 35.4 Å². The van der Waals surface area contributed by atoms with Gasteiger partial charge in [0.1, 0.15) is 5.01 Å². The summed E-state index contributed by atoms with van der Waals surface area (Å²) in [5, 5.41) is 24.6. The third-order valence-electron chi connectivity index (χ3n) is 5.10. The van der Waals surface area contributed by atoms with Gasteiger partial charge in [0, 0.05) is 30.1 Å². The van der Waals surface area contributed by atoms with Crippen LogP contribution in [0.1, 0.15) is 22.5 Å². The monoisotopic (exact) mass is 464 g/mol. The van der Waals surface area contributed by atoms with Crippen LogP contribution in [0.2, 0.25) is 0 Å². The molecule has 3 N–H and O–H groups in total. The average Bonchev–Trinajstić information content (AvgIpc) is 3.33. The highest BCUT2D eigenvalue weighted by Crippen LogP contribution is 2.30. The maximum absolute atomic E-state index is 13.3. The Hall–Kier alpha value is -4.05. The number of thiazole rings is 1. The van der Waals surface area contributed by atoms with E-state index in [1.54, 1.807) is 11.6 Å². The molecule has 3 aromatic heterocycles. The predicted molar refractivity (Wildman–Crippen MR) is 124 cm³/mol. The fourth-order valence-corrected chi connectivity index (χ4v) is 4.12. The van der Waals surface area contributed by atoms with Crippen molar-refractivity contribution in [1.29, 1.82) is 0 Å². The molecule has 4 rings (SSSR count). The lowest BCUT2D eigenvalue weighted by Crippen LogP contribution is -2.27. The van der Waals surface area contributed by atoms with Gasteiger partial charge in [0.2, 0.25) is 0 Å². The van der Waals surface area contributed by atoms with Gasteiger partial charge in [-0.3, -0.25) is 14.4 Å². The Balaban J connectivity index is 1.79. The fourth-order valence-electron chi connectivity index (χ4n) is 3.47. The van der Waals surface area contributed by atoms with Crippen molar-refractivity contribution in [2.45, 2.75) is 19.4 Å². The summed E-state index contributed by atoms with van der Waals surface area (Å²) in [6, 6.07) is 11.2. The van der Waals surface area contributed by atoms with Gasteiger partial charge < -0.3 is 20.1 Å². The summed E-state index contributed by atoms with van der Waals surface area (Å²) in [4.78, 5) is 44.8. The number of nitrogens with one attached hydrogen (secondary N) is 1. The highest BCUT2D eigenvalue weighted by atomic mass is 32.1. The number of hydrogen-bond acceptors (Lipinski definition) is 7. The summed E-state index contributed by atoms with van der Waals surface area (Å²) in [5.41, 5.74) is 1.23. The lowest BCUT2D eigenvalue weighted by molar-refractivity contribution is -0.136. The molecule has 4 aromatic rings. The van der Waals surface area contributed by atoms with Crippen LogP contribution in [-0.4, -0.2) is 43.2 Å². The molecule has 0 radical (unpaired) electrons. The summed E-state index contributed by atoms with van der Waals surface area (Å²) < 4.78 is 1.53. The number of hydrogen-bond donors (Lipinski definition) is 3. The van der Waals surface area contributed by atoms with Gasteiger partial charge in [-0.1, -0.05) is 30.3 Å². The van der Waals surface area contributed by atoms with Crippen molar-refractivity contribution in [3.63, 3.8) is 0 Å². The van der Waals surface area contributed by atoms with E-state index in [0.29, 0.717) is 29.1 Å². The first-order valence-electron chi connectivity index (χ1n) is 10.1. The predicted octanol–water partition coefficient (Wildman–Crippen LogP) is 2.67. The van der Waals surface area contributed by atoms with Crippen molar-refractivity contribution in [2.24, 2.45) is 0 Å². The summed E-state index contributed by atoms with van der Waals surface area (Å²) in [7, 11) is 0. The van der Waals surface area contributed by atoms with Crippen molar-refractivity contribution in [3.05, 3.63) is 75.8 Å². The van der Waals surface area contributed by atoms with E-state index >= 15 is 0 Å². The molecule has 0 saturated carbocycles. The maximum atomic E-state index is 13.3. The lowest BCUT2D eigenvalue weighted by Gasteiger charge is -2.14. The molecule has 0 saturated heterocycles. The Kier molecular flexibility index (Phi) is 6.45. The van der Waals surface area contributed by atoms with E-state index in [4.69, 9.17) is 5.11 Å². The van der Waals surface area contributed by atoms with Crippen LogP contribution in [0.4, 0.5) is 0 Å². The molecular weight excluding hydrogens is 444 g/mol. The van der Waals surface area contributed by atoms with Gasteiger partial charge in [0.15, 0.2) is 11.4 Å². The minimum atomic E-state index is -1.05. The fraction of sp³-hybridized carbons (Fsp3) is 0.174. The molecule has 1 aromatic carbocycles. The molecular formula is C23H20N4O5S. The Morgan fingerprint density at radius 3 is 2.64 bits per heavy atom. The number of aliphatic carboxylic acids is 1. The van der Waals surface area contributed by atoms with Crippen molar-refractivity contribution < 1.29 is 19.8 Å². The van der Waals surface area contributed by atoms with Crippen LogP contribution < -0.4 is 10.9 Å². The van der Waals surface area contributed by atoms with Crippen LogP contribution >= 0.6 is 11.3 Å². The topological polar surface area (TPSA) is 134 Å². The van der Waals surface area contributed by atoms with E-state index in [2.05, 4.69) is 15.3 Å². The van der Waals surface area contributed by atoms with E-state index in [0.717, 1.165) is 5.56 Å². The minimum absolute atomic E-state index is 0.103. The van der Waals surface area contributed by atoms with E-state index < -0.39 is 11.9 Å². The molecule has 0 aliphatic rings. The van der Waals surface area contributed by atoms with Gasteiger partial charge >= 0.3 is 5.97 Å². The summed E-state index contributed by atoms with van der Waals surface area (Å²) in [5.74, 6) is -2.14. The van der Waals surface area contributed by atoms with Crippen molar-refractivity contribution >= 4 is 34.1 Å². The van der Waals surface area contributed by atoms with Crippen LogP contribution in [-0.2, 0) is 17.8 Å². The Bertz CT molecular complexity index is 1370. The van der Waals surface area contributed by atoms with Gasteiger partial charge in [-0.05, 0) is 18.1 Å². The number of carboxylic acid groups (broad SMARTS) is 1. The number of nitrogens with zero attached hydrogens (tertiary/aromatic N) is 3. The molecule has 0 aliphatic carbocycles. The molecule has 9 nitrogen and oxygen atoms in total. The molecule has 33 heavy (non-hydrogen) atoms. The number of aromatic nitrogens is 3. The van der Waals surface area contributed by atoms with Crippen molar-refractivity contribution in [1.82, 2.24) is 19.9 Å². The molecule has 0 spiro atoms. The SMILES string of the molecule is O=C(O)CCNC(=O)c1ncc2c(cc(-c3nccs3)c(=O)n2CCc2ccccc2)c1O. The lowest BCUT2D eigenvalue weighted by atomic mass is 10.1. The number of fused-ring (bicyclic) bond motifs is 1. The molecule has 0 atom stereocenters. The highest BCUT2D eigenvalue weighted by Gasteiger charge is 2.21. The van der Waals surface area contributed by atoms with E-state index in [1.807, 2.05) is 30.3 Å². The number of benzene rings is 1. The molecule has 168 valence electrons. The zero-order chi connectivity index (χ0) is 23.4. The summed E-state index contributed by atoms with van der Waals surface area (Å²) >= 11 is 1.30. The van der Waals surface area contributed by atoms with Gasteiger partial charge in [0.05, 0.1) is 23.7 Å². The third kappa shape index (κ3) is 4.75. The number of carbonyl (C=O) groups is 2. The number of pyridine rings is 2. The molecule has 0 fully saturated rings. The van der Waals surface area contributed by atoms with E-state index in [9.17, 15) is 19.5 Å². The van der Waals surface area contributed by atoms with Crippen LogP contribution in [0.15, 0.2) is 59.0 Å². The summed E-state index contributed by atoms with van der Waals surface area (Å²) in [6.07, 6.45) is 3.29. The largest absolute Gasteiger partial charge is 0.505 e. The second-order valence-corrected chi connectivity index (χ2v) is 8.14. The molecule has 0 unspecified atom stereocenters. The quantitative estimate of drug-likeness (QED) is 0.365. The maximum Gasteiger partial charge on any atom is 0.305 e. The second-order valence-electron chi connectivity index (χ2n) is 7.24. The zero-order valence-electron chi connectivity index (χ0n) is 17.4. The van der Waals surface area contributed by atoms with Crippen LogP contribution in [0.3, 0.4) is 0 Å². The number of carbonyl (C=O) groups excluding carboxylic acids is 1. The third-order valence-corrected chi connectivity index (χ3v) is 5.90. The molecule has 10 heteroatoms. The Morgan fingerprint density at radius 1 is 1.15 bits per heavy atom. The van der Waals surface area contributed by atoms with Gasteiger partial charge in [-0.15, -0.1) is 11.3 Å². The number of aryl methyl sites for hydroxylation is 2. The molecule has 3 heterocycles. The number of aromatic hydroxyl groups is 1. The van der Waals surface area contributed by atoms with Gasteiger partial charge in [0.25, 0.3) is 11.5 Å². The molecule has 0 bridgehead atoms. The second kappa shape index (κ2) is 9.61. The summed E-state index contributed by atoms with van der Waals surface area (Å²) in [6.45, 7) is 0.234. The standard InChI is InChI=1S/C23H20N4O5S/c28-18(29)6-8-24-21(31)19-20(30)15-12-16(22-25-9-11-33-22)23(32)27(17(15)13-26-19)10-7-14-4-2-1-3-5-14/h1-5,9,11-13,30H,6-8,10H2,(H,24,31)(H,28,29). The number of rotatable bonds is 8. The Labute approximate surface area is 192 Å². The van der Waals surface area contributed by atoms with Crippen LogP contribution in [0.5, 0.6) is 5.75 Å².